The summed E-state index contributed by atoms with van der Waals surface area (Å²) in [6.45, 7) is 0. The minimum atomic E-state index is 0.433. The van der Waals surface area contributed by atoms with Gasteiger partial charge in [0.1, 0.15) is 17.2 Å². The molecule has 2 aromatic heterocycles. The number of benzene rings is 3. The van der Waals surface area contributed by atoms with Gasteiger partial charge in [-0.1, -0.05) is 35.6 Å². The van der Waals surface area contributed by atoms with Gasteiger partial charge in [0.25, 0.3) is 0 Å². The van der Waals surface area contributed by atoms with E-state index in [0.717, 1.165) is 32.3 Å². The normalized spacial score (nSPS) is 10.7. The third-order valence-electron chi connectivity index (χ3n) is 4.62. The molecule has 6 nitrogen and oxygen atoms in total. The molecule has 0 unspecified atom stereocenters. The lowest BCUT2D eigenvalue weighted by molar-refractivity contribution is 0.415. The highest BCUT2D eigenvalue weighted by Crippen LogP contribution is 2.32. The number of nitrogens with zero attached hydrogens (tertiary/aromatic N) is 3. The maximum Gasteiger partial charge on any atom is 0.246 e. The molecule has 0 spiro atoms. The summed E-state index contributed by atoms with van der Waals surface area (Å²) in [5.41, 5.74) is 3.44. The van der Waals surface area contributed by atoms with E-state index in [1.807, 2.05) is 66.7 Å². The van der Waals surface area contributed by atoms with E-state index < -0.39 is 0 Å². The van der Waals surface area contributed by atoms with Crippen LogP contribution in [0.2, 0.25) is 0 Å². The van der Waals surface area contributed by atoms with Crippen LogP contribution >= 0.6 is 11.3 Å². The van der Waals surface area contributed by atoms with E-state index in [4.69, 9.17) is 9.47 Å². The lowest BCUT2D eigenvalue weighted by Crippen LogP contribution is -1.95. The van der Waals surface area contributed by atoms with Crippen LogP contribution in [0.5, 0.6) is 17.4 Å². The molecule has 152 valence electrons. The molecular formula is C24H18N4O2S. The Balaban J connectivity index is 1.35. The number of aromatic nitrogens is 3. The molecule has 31 heavy (non-hydrogen) atoms. The largest absolute Gasteiger partial charge is 0.497 e. The summed E-state index contributed by atoms with van der Waals surface area (Å²) in [5.74, 6) is 1.85. The molecule has 0 saturated carbocycles. The molecule has 0 aliphatic heterocycles. The van der Waals surface area contributed by atoms with Crippen molar-refractivity contribution in [3.63, 3.8) is 0 Å². The minimum absolute atomic E-state index is 0.433. The Morgan fingerprint density at radius 1 is 0.839 bits per heavy atom. The highest BCUT2D eigenvalue weighted by molar-refractivity contribution is 7.22. The van der Waals surface area contributed by atoms with Gasteiger partial charge in [-0.15, -0.1) is 0 Å². The van der Waals surface area contributed by atoms with Gasteiger partial charge < -0.3 is 14.8 Å². The van der Waals surface area contributed by atoms with Crippen LogP contribution in [0.3, 0.4) is 0 Å². The second kappa shape index (κ2) is 8.41. The number of ether oxygens (including phenoxy) is 2. The molecule has 5 aromatic rings. The van der Waals surface area contributed by atoms with Crippen molar-refractivity contribution < 1.29 is 9.47 Å². The van der Waals surface area contributed by atoms with Crippen LogP contribution in [-0.2, 0) is 0 Å². The highest BCUT2D eigenvalue weighted by Gasteiger charge is 2.11. The molecule has 2 heterocycles. The predicted molar refractivity (Wildman–Crippen MR) is 123 cm³/mol. The van der Waals surface area contributed by atoms with Gasteiger partial charge in [0.15, 0.2) is 5.13 Å². The van der Waals surface area contributed by atoms with E-state index in [9.17, 15) is 0 Å². The van der Waals surface area contributed by atoms with Crippen molar-refractivity contribution in [1.29, 1.82) is 0 Å². The van der Waals surface area contributed by atoms with Crippen LogP contribution in [0.1, 0.15) is 0 Å². The fourth-order valence-electron chi connectivity index (χ4n) is 3.14. The van der Waals surface area contributed by atoms with Crippen LogP contribution in [0, 0.1) is 0 Å². The molecule has 1 N–H and O–H groups in total. The van der Waals surface area contributed by atoms with E-state index >= 15 is 0 Å². The van der Waals surface area contributed by atoms with Crippen molar-refractivity contribution >= 4 is 32.4 Å². The van der Waals surface area contributed by atoms with Crippen molar-refractivity contribution in [2.75, 3.05) is 12.4 Å². The number of hydrogen-bond acceptors (Lipinski definition) is 7. The third-order valence-corrected chi connectivity index (χ3v) is 5.57. The summed E-state index contributed by atoms with van der Waals surface area (Å²) in [7, 11) is 1.64. The Labute approximate surface area is 183 Å². The van der Waals surface area contributed by atoms with E-state index in [-0.39, 0.29) is 0 Å². The fraction of sp³-hybridized carbons (Fsp3) is 0.0417. The summed E-state index contributed by atoms with van der Waals surface area (Å²) in [6.07, 6.45) is 3.26. The molecule has 0 radical (unpaired) electrons. The highest BCUT2D eigenvalue weighted by atomic mass is 32.1. The monoisotopic (exact) mass is 426 g/mol. The molecule has 3 aromatic carbocycles. The predicted octanol–water partition coefficient (Wildman–Crippen LogP) is 6.30. The first kappa shape index (κ1) is 19.0. The Hall–Kier alpha value is -3.97. The quantitative estimate of drug-likeness (QED) is 0.344. The van der Waals surface area contributed by atoms with Crippen molar-refractivity contribution in [1.82, 2.24) is 15.0 Å². The number of nitrogens with one attached hydrogen (secondary N) is 1. The van der Waals surface area contributed by atoms with Gasteiger partial charge in [-0.3, -0.25) is 0 Å². The van der Waals surface area contributed by atoms with Crippen molar-refractivity contribution in [2.24, 2.45) is 0 Å². The molecule has 5 rings (SSSR count). The molecule has 0 aliphatic carbocycles. The molecule has 0 amide bonds. The van der Waals surface area contributed by atoms with Crippen molar-refractivity contribution in [3.05, 3.63) is 85.2 Å². The summed E-state index contributed by atoms with van der Waals surface area (Å²) in [6, 6.07) is 23.4. The average Bonchev–Trinajstić information content (AvgIpc) is 3.23. The van der Waals surface area contributed by atoms with Crippen molar-refractivity contribution in [2.45, 2.75) is 0 Å². The second-order valence-electron chi connectivity index (χ2n) is 6.68. The minimum Gasteiger partial charge on any atom is -0.497 e. The maximum absolute atomic E-state index is 6.04. The van der Waals surface area contributed by atoms with Gasteiger partial charge in [-0.2, -0.15) is 0 Å². The number of anilines is 2. The smallest absolute Gasteiger partial charge is 0.246 e. The van der Waals surface area contributed by atoms with Gasteiger partial charge >= 0.3 is 0 Å². The Bertz CT molecular complexity index is 1300. The molecule has 0 saturated heterocycles. The second-order valence-corrected chi connectivity index (χ2v) is 7.71. The zero-order valence-electron chi connectivity index (χ0n) is 16.6. The Morgan fingerprint density at radius 3 is 2.52 bits per heavy atom. The Morgan fingerprint density at radius 2 is 1.68 bits per heavy atom. The van der Waals surface area contributed by atoms with Gasteiger partial charge in [-0.05, 0) is 48.5 Å². The first-order chi connectivity index (χ1) is 15.3. The number of hydrogen-bond donors (Lipinski definition) is 1. The number of thiazole rings is 1. The summed E-state index contributed by atoms with van der Waals surface area (Å²) >= 11 is 1.62. The lowest BCUT2D eigenvalue weighted by Gasteiger charge is -2.10. The SMILES string of the molecule is COc1cccc(-c2nccnc2Oc2ccc(Nc3nc4ccccc4s3)cc2)c1. The van der Waals surface area contributed by atoms with Crippen LogP contribution in [-0.4, -0.2) is 22.1 Å². The van der Waals surface area contributed by atoms with Gasteiger partial charge in [-0.25, -0.2) is 15.0 Å². The standard InChI is InChI=1S/C24H18N4O2S/c1-29-19-6-4-5-16(15-19)22-23(26-14-13-25-22)30-18-11-9-17(10-12-18)27-24-28-20-7-2-3-8-21(20)31-24/h2-15H,1H3,(H,27,28). The van der Waals surface area contributed by atoms with Gasteiger partial charge in [0.05, 0.1) is 17.3 Å². The number of fused-ring (bicyclic) bond motifs is 1. The van der Waals surface area contributed by atoms with E-state index in [1.165, 1.54) is 0 Å². The molecule has 0 bridgehead atoms. The number of methoxy groups -OCH3 is 1. The van der Waals surface area contributed by atoms with E-state index in [0.29, 0.717) is 17.3 Å². The zero-order valence-corrected chi connectivity index (χ0v) is 17.5. The topological polar surface area (TPSA) is 69.2 Å². The van der Waals surface area contributed by atoms with Crippen molar-refractivity contribution in [3.8, 4) is 28.6 Å². The Kier molecular flexibility index (Phi) is 5.16. The molecular weight excluding hydrogens is 408 g/mol. The number of rotatable bonds is 6. The molecule has 0 fully saturated rings. The molecule has 0 atom stereocenters. The van der Waals surface area contributed by atoms with Gasteiger partial charge in [0, 0.05) is 23.6 Å². The number of para-hydroxylation sites is 1. The third kappa shape index (κ3) is 4.17. The zero-order chi connectivity index (χ0) is 21.0. The molecule has 0 aliphatic rings. The van der Waals surface area contributed by atoms with E-state index in [2.05, 4.69) is 26.3 Å². The van der Waals surface area contributed by atoms with E-state index in [1.54, 1.807) is 30.8 Å². The van der Waals surface area contributed by atoms with Gasteiger partial charge in [0.2, 0.25) is 5.88 Å². The van der Waals surface area contributed by atoms with Crippen LogP contribution < -0.4 is 14.8 Å². The summed E-state index contributed by atoms with van der Waals surface area (Å²) in [4.78, 5) is 13.4. The first-order valence-corrected chi connectivity index (χ1v) is 10.5. The van der Waals surface area contributed by atoms with Crippen LogP contribution in [0.4, 0.5) is 10.8 Å². The van der Waals surface area contributed by atoms with Crippen LogP contribution in [0.15, 0.2) is 85.2 Å². The first-order valence-electron chi connectivity index (χ1n) is 9.64. The summed E-state index contributed by atoms with van der Waals surface area (Å²) < 4.78 is 12.5. The fourth-order valence-corrected chi connectivity index (χ4v) is 4.02. The maximum atomic E-state index is 6.04. The molecule has 7 heteroatoms. The summed E-state index contributed by atoms with van der Waals surface area (Å²) in [5, 5.41) is 4.20. The average molecular weight is 427 g/mol. The van der Waals surface area contributed by atoms with Crippen LogP contribution in [0.25, 0.3) is 21.5 Å². The lowest BCUT2D eigenvalue weighted by atomic mass is 10.1.